The van der Waals surface area contributed by atoms with E-state index in [-0.39, 0.29) is 12.5 Å². The van der Waals surface area contributed by atoms with Gasteiger partial charge in [-0.2, -0.15) is 5.26 Å². The normalized spacial score (nSPS) is 15.4. The van der Waals surface area contributed by atoms with Gasteiger partial charge in [-0.25, -0.2) is 0 Å². The minimum Gasteiger partial charge on any atom is -0.375 e. The van der Waals surface area contributed by atoms with Gasteiger partial charge in [0.15, 0.2) is 0 Å². The molecule has 100 valence electrons. The van der Waals surface area contributed by atoms with Crippen LogP contribution in [0.2, 0.25) is 0 Å². The maximum absolute atomic E-state index is 12.1. The molecule has 1 fully saturated rings. The van der Waals surface area contributed by atoms with Gasteiger partial charge in [-0.05, 0) is 25.0 Å². The van der Waals surface area contributed by atoms with Gasteiger partial charge >= 0.3 is 0 Å². The Morgan fingerprint density at radius 3 is 2.58 bits per heavy atom. The Labute approximate surface area is 114 Å². The van der Waals surface area contributed by atoms with Crippen LogP contribution in [-0.2, 0) is 4.79 Å². The van der Waals surface area contributed by atoms with Gasteiger partial charge in [-0.15, -0.1) is 0 Å². The van der Waals surface area contributed by atoms with Gasteiger partial charge in [-0.1, -0.05) is 25.0 Å². The van der Waals surface area contributed by atoms with Crippen molar-refractivity contribution >= 4 is 11.6 Å². The highest BCUT2D eigenvalue weighted by Gasteiger charge is 2.15. The van der Waals surface area contributed by atoms with Gasteiger partial charge in [0.2, 0.25) is 5.91 Å². The van der Waals surface area contributed by atoms with Crippen LogP contribution >= 0.6 is 0 Å². The number of hydrogen-bond donors (Lipinski definition) is 1. The van der Waals surface area contributed by atoms with Gasteiger partial charge in [0, 0.05) is 13.1 Å². The van der Waals surface area contributed by atoms with Gasteiger partial charge < -0.3 is 10.2 Å². The van der Waals surface area contributed by atoms with Crippen LogP contribution in [0, 0.1) is 11.3 Å². The SMILES string of the molecule is N#Cc1ccccc1NCC(=O)N1CCCCCC1. The lowest BCUT2D eigenvalue weighted by Gasteiger charge is -2.20. The first kappa shape index (κ1) is 13.4. The molecule has 1 heterocycles. The van der Waals surface area contributed by atoms with Crippen LogP contribution in [0.25, 0.3) is 0 Å². The van der Waals surface area contributed by atoms with Crippen LogP contribution in [0.1, 0.15) is 31.2 Å². The molecule has 1 aliphatic rings. The van der Waals surface area contributed by atoms with Crippen LogP contribution in [0.15, 0.2) is 24.3 Å². The smallest absolute Gasteiger partial charge is 0.241 e. The fraction of sp³-hybridized carbons (Fsp3) is 0.467. The summed E-state index contributed by atoms with van der Waals surface area (Å²) in [5, 5.41) is 12.1. The fourth-order valence-corrected chi connectivity index (χ4v) is 2.34. The molecular weight excluding hydrogens is 238 g/mol. The summed E-state index contributed by atoms with van der Waals surface area (Å²) in [5.41, 5.74) is 1.30. The van der Waals surface area contributed by atoms with E-state index in [1.807, 2.05) is 23.1 Å². The van der Waals surface area contributed by atoms with Crippen molar-refractivity contribution in [2.24, 2.45) is 0 Å². The summed E-state index contributed by atoms with van der Waals surface area (Å²) in [4.78, 5) is 14.0. The summed E-state index contributed by atoms with van der Waals surface area (Å²) in [7, 11) is 0. The Balaban J connectivity index is 1.91. The van der Waals surface area contributed by atoms with E-state index in [1.165, 1.54) is 12.8 Å². The summed E-state index contributed by atoms with van der Waals surface area (Å²) in [6.45, 7) is 1.99. The van der Waals surface area contributed by atoms with E-state index in [9.17, 15) is 4.79 Å². The number of nitrogens with one attached hydrogen (secondary N) is 1. The number of hydrogen-bond acceptors (Lipinski definition) is 3. The first-order valence-electron chi connectivity index (χ1n) is 6.82. The number of likely N-dealkylation sites (tertiary alicyclic amines) is 1. The average Bonchev–Trinajstić information content (AvgIpc) is 2.74. The molecule has 0 saturated carbocycles. The maximum Gasteiger partial charge on any atom is 0.241 e. The largest absolute Gasteiger partial charge is 0.375 e. The van der Waals surface area contributed by atoms with Crippen molar-refractivity contribution < 1.29 is 4.79 Å². The minimum atomic E-state index is 0.120. The van der Waals surface area contributed by atoms with E-state index >= 15 is 0 Å². The van der Waals surface area contributed by atoms with Crippen molar-refractivity contribution in [2.75, 3.05) is 25.0 Å². The van der Waals surface area contributed by atoms with Crippen LogP contribution in [0.3, 0.4) is 0 Å². The fourth-order valence-electron chi connectivity index (χ4n) is 2.34. The predicted molar refractivity (Wildman–Crippen MR) is 74.7 cm³/mol. The lowest BCUT2D eigenvalue weighted by molar-refractivity contribution is -0.129. The van der Waals surface area contributed by atoms with E-state index in [0.29, 0.717) is 5.56 Å². The standard InChI is InChI=1S/C15H19N3O/c16-11-13-7-3-4-8-14(13)17-12-15(19)18-9-5-1-2-6-10-18/h3-4,7-8,17H,1-2,5-6,9-10,12H2. The number of amides is 1. The zero-order valence-electron chi connectivity index (χ0n) is 11.1. The first-order chi connectivity index (χ1) is 9.31. The Morgan fingerprint density at radius 2 is 1.89 bits per heavy atom. The highest BCUT2D eigenvalue weighted by molar-refractivity contribution is 5.81. The zero-order chi connectivity index (χ0) is 13.5. The second kappa shape index (κ2) is 6.79. The molecule has 0 aliphatic carbocycles. The van der Waals surface area contributed by atoms with Crippen molar-refractivity contribution in [3.8, 4) is 6.07 Å². The van der Waals surface area contributed by atoms with Gasteiger partial charge in [0.1, 0.15) is 6.07 Å². The first-order valence-corrected chi connectivity index (χ1v) is 6.82. The van der Waals surface area contributed by atoms with E-state index in [1.54, 1.807) is 6.07 Å². The highest BCUT2D eigenvalue weighted by Crippen LogP contribution is 2.14. The number of carbonyl (C=O) groups excluding carboxylic acids is 1. The second-order valence-electron chi connectivity index (χ2n) is 4.81. The Kier molecular flexibility index (Phi) is 4.79. The molecule has 1 aliphatic heterocycles. The van der Waals surface area contributed by atoms with Crippen molar-refractivity contribution in [2.45, 2.75) is 25.7 Å². The van der Waals surface area contributed by atoms with Gasteiger partial charge in [0.05, 0.1) is 17.8 Å². The molecule has 4 heteroatoms. The molecule has 19 heavy (non-hydrogen) atoms. The molecule has 2 rings (SSSR count). The monoisotopic (exact) mass is 257 g/mol. The third-order valence-electron chi connectivity index (χ3n) is 3.44. The van der Waals surface area contributed by atoms with Crippen LogP contribution in [0.4, 0.5) is 5.69 Å². The molecule has 1 amide bonds. The molecular formula is C15H19N3O. The highest BCUT2D eigenvalue weighted by atomic mass is 16.2. The number of nitriles is 1. The summed E-state index contributed by atoms with van der Waals surface area (Å²) in [5.74, 6) is 0.120. The number of carbonyl (C=O) groups is 1. The quantitative estimate of drug-likeness (QED) is 0.904. The number of anilines is 1. The lowest BCUT2D eigenvalue weighted by atomic mass is 10.2. The average molecular weight is 257 g/mol. The van der Waals surface area contributed by atoms with Crippen LogP contribution < -0.4 is 5.32 Å². The van der Waals surface area contributed by atoms with Crippen LogP contribution in [-0.4, -0.2) is 30.4 Å². The second-order valence-corrected chi connectivity index (χ2v) is 4.81. The predicted octanol–water partition coefficient (Wildman–Crippen LogP) is 2.37. The molecule has 1 saturated heterocycles. The Morgan fingerprint density at radius 1 is 1.21 bits per heavy atom. The molecule has 0 unspecified atom stereocenters. The van der Waals surface area contributed by atoms with Crippen molar-refractivity contribution in [3.63, 3.8) is 0 Å². The molecule has 4 nitrogen and oxygen atoms in total. The van der Waals surface area contributed by atoms with Gasteiger partial charge in [0.25, 0.3) is 0 Å². The molecule has 1 N–H and O–H groups in total. The maximum atomic E-state index is 12.1. The summed E-state index contributed by atoms with van der Waals surface area (Å²) >= 11 is 0. The number of rotatable bonds is 3. The Bertz CT molecular complexity index is 471. The number of benzene rings is 1. The van der Waals surface area contributed by atoms with E-state index in [2.05, 4.69) is 11.4 Å². The summed E-state index contributed by atoms with van der Waals surface area (Å²) < 4.78 is 0. The van der Waals surface area contributed by atoms with Crippen molar-refractivity contribution in [3.05, 3.63) is 29.8 Å². The topological polar surface area (TPSA) is 56.1 Å². The third-order valence-corrected chi connectivity index (χ3v) is 3.44. The van der Waals surface area contributed by atoms with Crippen molar-refractivity contribution in [1.82, 2.24) is 4.90 Å². The molecule has 0 spiro atoms. The van der Waals surface area contributed by atoms with Crippen LogP contribution in [0.5, 0.6) is 0 Å². The molecule has 1 aromatic carbocycles. The van der Waals surface area contributed by atoms with Gasteiger partial charge in [-0.3, -0.25) is 4.79 Å². The van der Waals surface area contributed by atoms with E-state index in [4.69, 9.17) is 5.26 Å². The molecule has 0 radical (unpaired) electrons. The molecule has 0 aromatic heterocycles. The summed E-state index contributed by atoms with van der Waals surface area (Å²) in [6, 6.07) is 9.38. The third kappa shape index (κ3) is 3.72. The van der Waals surface area contributed by atoms with E-state index < -0.39 is 0 Å². The minimum absolute atomic E-state index is 0.120. The van der Waals surface area contributed by atoms with Crippen molar-refractivity contribution in [1.29, 1.82) is 5.26 Å². The lowest BCUT2D eigenvalue weighted by Crippen LogP contribution is -2.36. The number of nitrogens with zero attached hydrogens (tertiary/aromatic N) is 2. The zero-order valence-corrected chi connectivity index (χ0v) is 11.1. The molecule has 1 aromatic rings. The molecule has 0 bridgehead atoms. The molecule has 0 atom stereocenters. The number of para-hydroxylation sites is 1. The Hall–Kier alpha value is -2.02. The summed E-state index contributed by atoms with van der Waals surface area (Å²) in [6.07, 6.45) is 4.63. The van der Waals surface area contributed by atoms with E-state index in [0.717, 1.165) is 31.6 Å².